The smallest absolute Gasteiger partial charge is 0.182 e. The molecule has 1 aliphatic carbocycles. The van der Waals surface area contributed by atoms with Gasteiger partial charge < -0.3 is 15.4 Å². The monoisotopic (exact) mass is 403 g/mol. The van der Waals surface area contributed by atoms with Crippen LogP contribution in [-0.2, 0) is 10.2 Å². The van der Waals surface area contributed by atoms with Gasteiger partial charge in [-0.3, -0.25) is 0 Å². The highest BCUT2D eigenvalue weighted by Gasteiger charge is 2.65. The van der Waals surface area contributed by atoms with Crippen molar-refractivity contribution in [2.75, 3.05) is 18.0 Å². The zero-order valence-corrected chi connectivity index (χ0v) is 17.9. The number of pyridine rings is 1. The summed E-state index contributed by atoms with van der Waals surface area (Å²) in [5, 5.41) is 4.81. The highest BCUT2D eigenvalue weighted by molar-refractivity contribution is 5.58. The lowest BCUT2D eigenvalue weighted by atomic mass is 9.67. The second-order valence-corrected chi connectivity index (χ2v) is 10.3. The van der Waals surface area contributed by atoms with Crippen LogP contribution in [0.1, 0.15) is 56.2 Å². The number of hydrogen-bond acceptors (Lipinski definition) is 5. The molecule has 30 heavy (non-hydrogen) atoms. The molecule has 5 heterocycles. The van der Waals surface area contributed by atoms with Gasteiger partial charge in [-0.15, -0.1) is 5.10 Å². The third-order valence-corrected chi connectivity index (χ3v) is 7.49. The van der Waals surface area contributed by atoms with Gasteiger partial charge in [0.05, 0.1) is 23.0 Å². The van der Waals surface area contributed by atoms with E-state index in [-0.39, 0.29) is 22.7 Å². The van der Waals surface area contributed by atoms with E-state index in [1.807, 2.05) is 4.52 Å². The Balaban J connectivity index is 1.32. The Morgan fingerprint density at radius 2 is 1.93 bits per heavy atom. The van der Waals surface area contributed by atoms with Crippen molar-refractivity contribution in [3.63, 3.8) is 0 Å². The number of anilines is 1. The minimum absolute atomic E-state index is 0.103. The van der Waals surface area contributed by atoms with Crippen molar-refractivity contribution in [1.82, 2.24) is 14.6 Å². The molecule has 6 nitrogen and oxygen atoms in total. The van der Waals surface area contributed by atoms with Crippen molar-refractivity contribution >= 4 is 11.3 Å². The van der Waals surface area contributed by atoms with Gasteiger partial charge in [0.1, 0.15) is 6.10 Å². The standard InChI is InChI=1S/C24H29N5O/c1-16-11-18(28-10-9-22(2,15-28)17-7-5-4-6-8-17)12-29-21(16)26-20(27-29)19-24(25)13-23(3,14-24)30-19/h4-8,11-12,19H,9-10,13-15,25H2,1-3H3/t19?,22-,23?,24?/m0/s1. The number of aromatic nitrogens is 3. The van der Waals surface area contributed by atoms with Crippen LogP contribution < -0.4 is 10.6 Å². The zero-order valence-electron chi connectivity index (χ0n) is 17.9. The van der Waals surface area contributed by atoms with Gasteiger partial charge in [-0.2, -0.15) is 0 Å². The van der Waals surface area contributed by atoms with Crippen LogP contribution in [0.4, 0.5) is 5.69 Å². The fourth-order valence-electron chi connectivity index (χ4n) is 6.01. The Labute approximate surface area is 177 Å². The van der Waals surface area contributed by atoms with Crippen molar-refractivity contribution in [2.24, 2.45) is 5.73 Å². The summed E-state index contributed by atoms with van der Waals surface area (Å²) in [4.78, 5) is 7.29. The molecule has 3 aliphatic heterocycles. The highest BCUT2D eigenvalue weighted by atomic mass is 16.5. The summed E-state index contributed by atoms with van der Waals surface area (Å²) in [6.45, 7) is 8.65. The summed E-state index contributed by atoms with van der Waals surface area (Å²) < 4.78 is 8.13. The van der Waals surface area contributed by atoms with Crippen molar-refractivity contribution in [3.05, 3.63) is 59.5 Å². The van der Waals surface area contributed by atoms with Gasteiger partial charge in [-0.05, 0) is 50.3 Å². The first-order valence-corrected chi connectivity index (χ1v) is 10.9. The topological polar surface area (TPSA) is 68.7 Å². The molecule has 0 amide bonds. The van der Waals surface area contributed by atoms with Crippen LogP contribution in [0, 0.1) is 6.92 Å². The molecule has 4 aliphatic rings. The lowest BCUT2D eigenvalue weighted by molar-refractivity contribution is -0.0111. The van der Waals surface area contributed by atoms with E-state index in [2.05, 4.69) is 68.3 Å². The molecule has 4 fully saturated rings. The summed E-state index contributed by atoms with van der Waals surface area (Å²) in [5.41, 5.74) is 10.9. The summed E-state index contributed by atoms with van der Waals surface area (Å²) in [6, 6.07) is 13.1. The molecule has 2 aromatic heterocycles. The number of hydrogen-bond donors (Lipinski definition) is 1. The number of rotatable bonds is 3. The molecule has 156 valence electrons. The molecule has 1 aromatic carbocycles. The van der Waals surface area contributed by atoms with Crippen molar-refractivity contribution in [2.45, 2.75) is 62.7 Å². The Morgan fingerprint density at radius 1 is 1.17 bits per heavy atom. The normalized spacial score (nSPS) is 35.2. The average Bonchev–Trinajstić information content (AvgIpc) is 3.41. The Kier molecular flexibility index (Phi) is 3.56. The van der Waals surface area contributed by atoms with Gasteiger partial charge in [0.15, 0.2) is 11.5 Å². The summed E-state index contributed by atoms with van der Waals surface area (Å²) in [5.74, 6) is 0.717. The van der Waals surface area contributed by atoms with Gasteiger partial charge in [0, 0.05) is 18.5 Å². The Morgan fingerprint density at radius 3 is 2.63 bits per heavy atom. The fraction of sp³-hybridized carbons (Fsp3) is 0.500. The van der Waals surface area contributed by atoms with Crippen LogP contribution in [0.25, 0.3) is 5.65 Å². The molecule has 3 aromatic rings. The molecular weight excluding hydrogens is 374 g/mol. The molecular formula is C24H29N5O. The van der Waals surface area contributed by atoms with Crippen LogP contribution in [0.15, 0.2) is 42.6 Å². The van der Waals surface area contributed by atoms with E-state index in [0.717, 1.165) is 49.4 Å². The lowest BCUT2D eigenvalue weighted by Crippen LogP contribution is -2.54. The molecule has 7 rings (SSSR count). The predicted octanol–water partition coefficient (Wildman–Crippen LogP) is 3.53. The molecule has 6 heteroatoms. The maximum atomic E-state index is 6.56. The van der Waals surface area contributed by atoms with Gasteiger partial charge in [0.25, 0.3) is 0 Å². The SMILES string of the molecule is Cc1cc(N2CC[C@](C)(c3ccccc3)C2)cn2nc(C3OC4(C)CC3(N)C4)nc12. The number of nitrogens with two attached hydrogens (primary N) is 1. The molecule has 1 saturated carbocycles. The highest BCUT2D eigenvalue weighted by Crippen LogP contribution is 2.59. The quantitative estimate of drug-likeness (QED) is 0.725. The molecule has 2 atom stereocenters. The van der Waals surface area contributed by atoms with E-state index in [1.54, 1.807) is 0 Å². The van der Waals surface area contributed by atoms with Gasteiger partial charge in [-0.25, -0.2) is 9.50 Å². The molecule has 2 bridgehead atoms. The average molecular weight is 404 g/mol. The second kappa shape index (κ2) is 5.83. The minimum atomic E-state index is -0.317. The first-order chi connectivity index (χ1) is 14.3. The number of aryl methyl sites for hydroxylation is 1. The summed E-state index contributed by atoms with van der Waals surface area (Å²) in [6.07, 6.45) is 4.81. The predicted molar refractivity (Wildman–Crippen MR) is 117 cm³/mol. The van der Waals surface area contributed by atoms with Crippen LogP contribution in [0.2, 0.25) is 0 Å². The van der Waals surface area contributed by atoms with E-state index < -0.39 is 0 Å². The number of benzene rings is 1. The summed E-state index contributed by atoms with van der Waals surface area (Å²) in [7, 11) is 0. The van der Waals surface area contributed by atoms with Crippen LogP contribution >= 0.6 is 0 Å². The van der Waals surface area contributed by atoms with Gasteiger partial charge >= 0.3 is 0 Å². The first-order valence-electron chi connectivity index (χ1n) is 10.9. The van der Waals surface area contributed by atoms with E-state index in [0.29, 0.717) is 0 Å². The first kappa shape index (κ1) is 18.3. The van der Waals surface area contributed by atoms with Crippen LogP contribution in [-0.4, -0.2) is 38.8 Å². The van der Waals surface area contributed by atoms with Crippen LogP contribution in [0.5, 0.6) is 0 Å². The zero-order chi connectivity index (χ0) is 20.7. The largest absolute Gasteiger partial charge is 0.369 e. The van der Waals surface area contributed by atoms with E-state index >= 15 is 0 Å². The van der Waals surface area contributed by atoms with E-state index in [9.17, 15) is 0 Å². The van der Waals surface area contributed by atoms with Crippen molar-refractivity contribution in [1.29, 1.82) is 0 Å². The van der Waals surface area contributed by atoms with E-state index in [4.69, 9.17) is 20.6 Å². The Bertz CT molecular complexity index is 1130. The molecule has 3 saturated heterocycles. The fourth-order valence-corrected chi connectivity index (χ4v) is 6.01. The number of ether oxygens (including phenoxy) is 1. The molecule has 0 spiro atoms. The van der Waals surface area contributed by atoms with Gasteiger partial charge in [-0.1, -0.05) is 37.3 Å². The minimum Gasteiger partial charge on any atom is -0.369 e. The van der Waals surface area contributed by atoms with Crippen molar-refractivity contribution in [3.8, 4) is 0 Å². The maximum Gasteiger partial charge on any atom is 0.182 e. The second-order valence-electron chi connectivity index (χ2n) is 10.3. The summed E-state index contributed by atoms with van der Waals surface area (Å²) >= 11 is 0. The molecule has 2 N–H and O–H groups in total. The van der Waals surface area contributed by atoms with E-state index in [1.165, 1.54) is 11.3 Å². The number of fused-ring (bicyclic) bond motifs is 2. The molecule has 1 unspecified atom stereocenters. The van der Waals surface area contributed by atoms with Crippen molar-refractivity contribution < 1.29 is 4.74 Å². The van der Waals surface area contributed by atoms with Gasteiger partial charge in [0.2, 0.25) is 0 Å². The third-order valence-electron chi connectivity index (χ3n) is 7.49. The maximum absolute atomic E-state index is 6.56. The number of nitrogens with zero attached hydrogens (tertiary/aromatic N) is 4. The molecule has 0 radical (unpaired) electrons. The Hall–Kier alpha value is -2.44. The lowest BCUT2D eigenvalue weighted by Gasteiger charge is -2.39. The van der Waals surface area contributed by atoms with Crippen LogP contribution in [0.3, 0.4) is 0 Å². The third kappa shape index (κ3) is 2.56.